The Labute approximate surface area is 161 Å². The molecule has 0 N–H and O–H groups in total. The van der Waals surface area contributed by atoms with Crippen LogP contribution in [0.1, 0.15) is 32.3 Å². The third-order valence-electron chi connectivity index (χ3n) is 4.08. The monoisotopic (exact) mass is 403 g/mol. The standard InChI is InChI=1S/C19H21ClF3NO3/c1-5-12(6-2)26-16-10-24-18(11(3)17(16)20)14-8-7-13(9-15(14)25-4)27-19(21,22)23/h7-10,12H,5-6H2,1-4H3. The van der Waals surface area contributed by atoms with Crippen LogP contribution in [0.4, 0.5) is 13.2 Å². The summed E-state index contributed by atoms with van der Waals surface area (Å²) >= 11 is 6.44. The maximum Gasteiger partial charge on any atom is 0.573 e. The smallest absolute Gasteiger partial charge is 0.496 e. The van der Waals surface area contributed by atoms with Crippen LogP contribution in [0, 0.1) is 6.92 Å². The first-order valence-electron chi connectivity index (χ1n) is 8.46. The molecule has 0 spiro atoms. The van der Waals surface area contributed by atoms with Crippen LogP contribution in [-0.2, 0) is 0 Å². The van der Waals surface area contributed by atoms with Gasteiger partial charge in [0.1, 0.15) is 11.5 Å². The largest absolute Gasteiger partial charge is 0.573 e. The molecule has 2 aromatic rings. The van der Waals surface area contributed by atoms with Crippen molar-refractivity contribution in [2.75, 3.05) is 7.11 Å². The topological polar surface area (TPSA) is 40.6 Å². The average Bonchev–Trinajstić information content (AvgIpc) is 2.62. The number of ether oxygens (including phenoxy) is 3. The number of nitrogens with zero attached hydrogens (tertiary/aromatic N) is 1. The van der Waals surface area contributed by atoms with E-state index < -0.39 is 6.36 Å². The molecule has 27 heavy (non-hydrogen) atoms. The molecule has 2 rings (SSSR count). The van der Waals surface area contributed by atoms with Crippen molar-refractivity contribution in [3.63, 3.8) is 0 Å². The van der Waals surface area contributed by atoms with E-state index in [4.69, 9.17) is 21.1 Å². The van der Waals surface area contributed by atoms with Gasteiger partial charge in [0.15, 0.2) is 5.75 Å². The van der Waals surface area contributed by atoms with Gasteiger partial charge >= 0.3 is 6.36 Å². The number of pyridine rings is 1. The Bertz CT molecular complexity index is 792. The van der Waals surface area contributed by atoms with Gasteiger partial charge in [-0.15, -0.1) is 13.2 Å². The van der Waals surface area contributed by atoms with Crippen LogP contribution in [0.2, 0.25) is 5.02 Å². The average molecular weight is 404 g/mol. The van der Waals surface area contributed by atoms with Crippen molar-refractivity contribution in [1.29, 1.82) is 0 Å². The molecule has 0 unspecified atom stereocenters. The number of halogens is 4. The normalized spacial score (nSPS) is 11.6. The Kier molecular flexibility index (Phi) is 6.81. The molecule has 4 nitrogen and oxygen atoms in total. The lowest BCUT2D eigenvalue weighted by molar-refractivity contribution is -0.274. The van der Waals surface area contributed by atoms with Gasteiger partial charge in [-0.1, -0.05) is 25.4 Å². The van der Waals surface area contributed by atoms with Crippen molar-refractivity contribution in [2.24, 2.45) is 0 Å². The molecule has 0 amide bonds. The molecule has 1 aromatic heterocycles. The van der Waals surface area contributed by atoms with Gasteiger partial charge in [0.05, 0.1) is 30.1 Å². The van der Waals surface area contributed by atoms with Crippen molar-refractivity contribution in [2.45, 2.75) is 46.1 Å². The molecule has 8 heteroatoms. The van der Waals surface area contributed by atoms with Gasteiger partial charge in [0.2, 0.25) is 0 Å². The van der Waals surface area contributed by atoms with Crippen molar-refractivity contribution >= 4 is 11.6 Å². The van der Waals surface area contributed by atoms with Crippen molar-refractivity contribution in [3.8, 4) is 28.5 Å². The van der Waals surface area contributed by atoms with Crippen LogP contribution >= 0.6 is 11.6 Å². The number of aromatic nitrogens is 1. The Morgan fingerprint density at radius 2 is 1.81 bits per heavy atom. The molecule has 0 bridgehead atoms. The van der Waals surface area contributed by atoms with E-state index in [1.165, 1.54) is 25.4 Å². The molecular formula is C19H21ClF3NO3. The number of methoxy groups -OCH3 is 1. The van der Waals surface area contributed by atoms with Gasteiger partial charge in [-0.2, -0.15) is 0 Å². The second-order valence-corrected chi connectivity index (χ2v) is 6.25. The molecule has 0 aliphatic carbocycles. The number of benzene rings is 1. The Morgan fingerprint density at radius 3 is 2.37 bits per heavy atom. The van der Waals surface area contributed by atoms with E-state index in [2.05, 4.69) is 9.72 Å². The van der Waals surface area contributed by atoms with Crippen LogP contribution in [0.3, 0.4) is 0 Å². The fraction of sp³-hybridized carbons (Fsp3) is 0.421. The van der Waals surface area contributed by atoms with Crippen molar-refractivity contribution in [1.82, 2.24) is 4.98 Å². The lowest BCUT2D eigenvalue weighted by atomic mass is 10.0. The van der Waals surface area contributed by atoms with Crippen LogP contribution < -0.4 is 14.2 Å². The highest BCUT2D eigenvalue weighted by molar-refractivity contribution is 6.33. The third kappa shape index (κ3) is 5.19. The summed E-state index contributed by atoms with van der Waals surface area (Å²) in [4.78, 5) is 4.39. The molecule has 148 valence electrons. The second-order valence-electron chi connectivity index (χ2n) is 5.88. The van der Waals surface area contributed by atoms with E-state index in [0.717, 1.165) is 18.9 Å². The fourth-order valence-electron chi connectivity index (χ4n) is 2.62. The third-order valence-corrected chi connectivity index (χ3v) is 4.55. The van der Waals surface area contributed by atoms with E-state index in [9.17, 15) is 13.2 Å². The zero-order valence-corrected chi connectivity index (χ0v) is 16.2. The van der Waals surface area contributed by atoms with Gasteiger partial charge in [0, 0.05) is 11.6 Å². The van der Waals surface area contributed by atoms with Crippen molar-refractivity contribution < 1.29 is 27.4 Å². The van der Waals surface area contributed by atoms with Gasteiger partial charge in [-0.3, -0.25) is 4.98 Å². The predicted octanol–water partition coefficient (Wildman–Crippen LogP) is 6.19. The SMILES string of the molecule is CCC(CC)Oc1cnc(-c2ccc(OC(F)(F)F)cc2OC)c(C)c1Cl. The van der Waals surface area contributed by atoms with Gasteiger partial charge in [-0.05, 0) is 37.5 Å². The number of rotatable bonds is 7. The molecule has 0 aliphatic rings. The Balaban J connectivity index is 2.41. The minimum absolute atomic E-state index is 0.0305. The molecule has 0 fully saturated rings. The van der Waals surface area contributed by atoms with E-state index >= 15 is 0 Å². The first-order valence-corrected chi connectivity index (χ1v) is 8.83. The molecule has 0 radical (unpaired) electrons. The predicted molar refractivity (Wildman–Crippen MR) is 97.7 cm³/mol. The summed E-state index contributed by atoms with van der Waals surface area (Å²) in [6.45, 7) is 5.81. The molecule has 1 aromatic carbocycles. The molecule has 0 atom stereocenters. The van der Waals surface area contributed by atoms with Crippen LogP contribution in [0.25, 0.3) is 11.3 Å². The van der Waals surface area contributed by atoms with E-state index in [1.807, 2.05) is 13.8 Å². The van der Waals surface area contributed by atoms with E-state index in [1.54, 1.807) is 6.92 Å². The number of hydrogen-bond donors (Lipinski definition) is 0. The minimum atomic E-state index is -4.78. The maximum absolute atomic E-state index is 12.4. The highest BCUT2D eigenvalue weighted by atomic mass is 35.5. The second kappa shape index (κ2) is 8.69. The minimum Gasteiger partial charge on any atom is -0.496 e. The summed E-state index contributed by atoms with van der Waals surface area (Å²) in [6, 6.07) is 3.81. The molecule has 0 aliphatic heterocycles. The zero-order chi connectivity index (χ0) is 20.2. The fourth-order valence-corrected chi connectivity index (χ4v) is 2.80. The Hall–Kier alpha value is -2.15. The summed E-state index contributed by atoms with van der Waals surface area (Å²) in [6.07, 6.45) is -1.56. The lowest BCUT2D eigenvalue weighted by Crippen LogP contribution is -2.17. The van der Waals surface area contributed by atoms with E-state index in [-0.39, 0.29) is 17.6 Å². The summed E-state index contributed by atoms with van der Waals surface area (Å²) in [5, 5.41) is 0.407. The maximum atomic E-state index is 12.4. The summed E-state index contributed by atoms with van der Waals surface area (Å²) < 4.78 is 52.3. The number of hydrogen-bond acceptors (Lipinski definition) is 4. The Morgan fingerprint density at radius 1 is 1.15 bits per heavy atom. The highest BCUT2D eigenvalue weighted by Gasteiger charge is 2.31. The quantitative estimate of drug-likeness (QED) is 0.553. The van der Waals surface area contributed by atoms with Crippen LogP contribution in [0.5, 0.6) is 17.2 Å². The number of alkyl halides is 3. The molecule has 0 saturated heterocycles. The summed E-state index contributed by atoms with van der Waals surface area (Å²) in [5.41, 5.74) is 1.63. The molecular weight excluding hydrogens is 383 g/mol. The zero-order valence-electron chi connectivity index (χ0n) is 15.5. The van der Waals surface area contributed by atoms with Crippen LogP contribution in [0.15, 0.2) is 24.4 Å². The summed E-state index contributed by atoms with van der Waals surface area (Å²) in [7, 11) is 1.36. The molecule has 0 saturated carbocycles. The summed E-state index contributed by atoms with van der Waals surface area (Å²) in [5.74, 6) is 0.292. The lowest BCUT2D eigenvalue weighted by Gasteiger charge is -2.19. The first-order chi connectivity index (χ1) is 12.7. The highest BCUT2D eigenvalue weighted by Crippen LogP contribution is 2.39. The van der Waals surface area contributed by atoms with Gasteiger partial charge in [-0.25, -0.2) is 0 Å². The van der Waals surface area contributed by atoms with Gasteiger partial charge in [0.25, 0.3) is 0 Å². The van der Waals surface area contributed by atoms with Crippen molar-refractivity contribution in [3.05, 3.63) is 35.0 Å². The van der Waals surface area contributed by atoms with Gasteiger partial charge < -0.3 is 14.2 Å². The van der Waals surface area contributed by atoms with Crippen LogP contribution in [-0.4, -0.2) is 24.6 Å². The van der Waals surface area contributed by atoms with E-state index in [0.29, 0.717) is 27.6 Å². The first kappa shape index (κ1) is 21.2. The molecule has 1 heterocycles.